The van der Waals surface area contributed by atoms with Crippen molar-refractivity contribution in [2.45, 2.75) is 103 Å². The minimum absolute atomic E-state index is 0.153. The van der Waals surface area contributed by atoms with Crippen LogP contribution in [-0.4, -0.2) is 10.2 Å². The normalized spacial score (nSPS) is 12.5. The molecule has 2 nitrogen and oxygen atoms in total. The van der Waals surface area contributed by atoms with Crippen molar-refractivity contribution in [3.8, 4) is 11.5 Å². The third kappa shape index (κ3) is 4.60. The quantitative estimate of drug-likeness (QED) is 0.541. The summed E-state index contributed by atoms with van der Waals surface area (Å²) in [6.07, 6.45) is 1.74. The summed E-state index contributed by atoms with van der Waals surface area (Å²) in [4.78, 5) is 1.69. The lowest BCUT2D eigenvalue weighted by molar-refractivity contribution is 0.429. The molecule has 160 valence electrons. The summed E-state index contributed by atoms with van der Waals surface area (Å²) in [7, 11) is 0. The van der Waals surface area contributed by atoms with Gasteiger partial charge in [-0.05, 0) is 65.8 Å². The lowest BCUT2D eigenvalue weighted by atomic mass is 9.79. The first kappa shape index (κ1) is 23.7. The third-order valence-electron chi connectivity index (χ3n) is 5.63. The molecule has 0 amide bonds. The van der Waals surface area contributed by atoms with E-state index in [4.69, 9.17) is 0 Å². The number of benzene rings is 2. The van der Waals surface area contributed by atoms with Gasteiger partial charge in [-0.2, -0.15) is 0 Å². The molecule has 0 aliphatic carbocycles. The van der Waals surface area contributed by atoms with Crippen LogP contribution in [0.1, 0.15) is 88.8 Å². The van der Waals surface area contributed by atoms with E-state index in [0.29, 0.717) is 11.5 Å². The maximum atomic E-state index is 11.4. The fraction of sp³-hybridized carbons (Fsp3) is 0.538. The summed E-state index contributed by atoms with van der Waals surface area (Å²) >= 11 is 1.50. The van der Waals surface area contributed by atoms with Gasteiger partial charge in [0.2, 0.25) is 0 Å². The van der Waals surface area contributed by atoms with Gasteiger partial charge in [-0.15, -0.1) is 0 Å². The monoisotopic (exact) mass is 414 g/mol. The molecule has 2 N–H and O–H groups in total. The van der Waals surface area contributed by atoms with E-state index < -0.39 is 0 Å². The molecule has 29 heavy (non-hydrogen) atoms. The van der Waals surface area contributed by atoms with E-state index in [-0.39, 0.29) is 10.8 Å². The van der Waals surface area contributed by atoms with Gasteiger partial charge < -0.3 is 10.2 Å². The highest BCUT2D eigenvalue weighted by Crippen LogP contribution is 2.50. The van der Waals surface area contributed by atoms with Crippen molar-refractivity contribution < 1.29 is 10.2 Å². The first-order valence-corrected chi connectivity index (χ1v) is 11.4. The van der Waals surface area contributed by atoms with Gasteiger partial charge in [0, 0.05) is 11.1 Å². The Bertz CT molecular complexity index is 912. The predicted octanol–water partition coefficient (Wildman–Crippen LogP) is 7.59. The topological polar surface area (TPSA) is 40.5 Å². The highest BCUT2D eigenvalue weighted by atomic mass is 32.2. The molecule has 0 saturated carbocycles. The number of rotatable bonds is 4. The zero-order valence-corrected chi connectivity index (χ0v) is 20.7. The molecular weight excluding hydrogens is 376 g/mol. The Balaban J connectivity index is 2.81. The Morgan fingerprint density at radius 1 is 0.793 bits per heavy atom. The first-order chi connectivity index (χ1) is 13.2. The molecule has 0 aliphatic rings. The molecule has 0 radical (unpaired) electrons. The van der Waals surface area contributed by atoms with E-state index in [2.05, 4.69) is 75.3 Å². The van der Waals surface area contributed by atoms with E-state index in [1.54, 1.807) is 0 Å². The predicted molar refractivity (Wildman–Crippen MR) is 126 cm³/mol. The molecule has 0 spiro atoms. The van der Waals surface area contributed by atoms with Crippen LogP contribution in [0.15, 0.2) is 21.9 Å². The lowest BCUT2D eigenvalue weighted by Crippen LogP contribution is -2.17. The second-order valence-corrected chi connectivity index (χ2v) is 11.2. The van der Waals surface area contributed by atoms with Crippen molar-refractivity contribution in [3.05, 3.63) is 45.5 Å². The van der Waals surface area contributed by atoms with Crippen molar-refractivity contribution in [2.24, 2.45) is 0 Å². The average Bonchev–Trinajstić information content (AvgIpc) is 2.58. The summed E-state index contributed by atoms with van der Waals surface area (Å²) in [6, 6.07) is 4.08. The molecule has 3 heteroatoms. The first-order valence-electron chi connectivity index (χ1n) is 10.6. The minimum Gasteiger partial charge on any atom is -0.506 e. The highest BCUT2D eigenvalue weighted by molar-refractivity contribution is 7.99. The molecule has 0 fully saturated rings. The van der Waals surface area contributed by atoms with Gasteiger partial charge in [-0.25, -0.2) is 0 Å². The molecular formula is C26H38O2S. The van der Waals surface area contributed by atoms with Crippen molar-refractivity contribution >= 4 is 11.8 Å². The SMILES string of the molecule is CCc1c(C)c(CC)c(C(C)(C)C)c(O)c1Sc1cc(C)cc(C(C)(C)C)c1O. The van der Waals surface area contributed by atoms with Crippen LogP contribution >= 0.6 is 11.8 Å². The molecule has 2 aromatic rings. The number of hydrogen-bond donors (Lipinski definition) is 2. The highest BCUT2D eigenvalue weighted by Gasteiger charge is 2.29. The summed E-state index contributed by atoms with van der Waals surface area (Å²) in [5.41, 5.74) is 6.47. The molecule has 0 aromatic heterocycles. The Morgan fingerprint density at radius 3 is 1.79 bits per heavy atom. The Kier molecular flexibility index (Phi) is 6.74. The van der Waals surface area contributed by atoms with E-state index in [1.807, 2.05) is 6.07 Å². The summed E-state index contributed by atoms with van der Waals surface area (Å²) in [6.45, 7) is 21.3. The van der Waals surface area contributed by atoms with Gasteiger partial charge in [0.25, 0.3) is 0 Å². The zero-order valence-electron chi connectivity index (χ0n) is 19.9. The van der Waals surface area contributed by atoms with Crippen LogP contribution in [0, 0.1) is 13.8 Å². The number of aromatic hydroxyl groups is 2. The molecule has 2 rings (SSSR count). The molecule has 0 saturated heterocycles. The van der Waals surface area contributed by atoms with Crippen molar-refractivity contribution in [1.82, 2.24) is 0 Å². The van der Waals surface area contributed by atoms with E-state index in [0.717, 1.165) is 39.3 Å². The number of aryl methyl sites for hydroxylation is 1. The summed E-state index contributed by atoms with van der Waals surface area (Å²) in [5.74, 6) is 0.698. The number of phenols is 2. The van der Waals surface area contributed by atoms with Crippen LogP contribution in [0.3, 0.4) is 0 Å². The second kappa shape index (κ2) is 8.26. The molecule has 0 bridgehead atoms. The molecule has 0 unspecified atom stereocenters. The average molecular weight is 415 g/mol. The Morgan fingerprint density at radius 2 is 1.34 bits per heavy atom. The van der Waals surface area contributed by atoms with Crippen LogP contribution in [0.5, 0.6) is 11.5 Å². The fourth-order valence-electron chi connectivity index (χ4n) is 4.23. The minimum atomic E-state index is -0.160. The second-order valence-electron chi connectivity index (χ2n) is 10.1. The van der Waals surface area contributed by atoms with Gasteiger partial charge in [-0.1, -0.05) is 73.2 Å². The van der Waals surface area contributed by atoms with E-state index >= 15 is 0 Å². The molecule has 0 heterocycles. The van der Waals surface area contributed by atoms with Gasteiger partial charge in [0.15, 0.2) is 0 Å². The maximum Gasteiger partial charge on any atom is 0.133 e. The van der Waals surface area contributed by atoms with Crippen LogP contribution < -0.4 is 0 Å². The van der Waals surface area contributed by atoms with Crippen molar-refractivity contribution in [3.63, 3.8) is 0 Å². The van der Waals surface area contributed by atoms with Gasteiger partial charge in [-0.3, -0.25) is 0 Å². The van der Waals surface area contributed by atoms with E-state index in [9.17, 15) is 10.2 Å². The maximum absolute atomic E-state index is 11.4. The smallest absolute Gasteiger partial charge is 0.133 e. The summed E-state index contributed by atoms with van der Waals surface area (Å²) < 4.78 is 0. The molecule has 0 aliphatic heterocycles. The van der Waals surface area contributed by atoms with Crippen LogP contribution in [-0.2, 0) is 23.7 Å². The standard InChI is InChI=1S/C26H38O2S/c1-11-17-16(4)18(12-2)24(23(28)21(17)26(8,9)10)29-20-14-15(3)13-19(22(20)27)25(5,6)7/h13-14,27-28H,11-12H2,1-10H3. The largest absolute Gasteiger partial charge is 0.506 e. The zero-order chi connectivity index (χ0) is 22.3. The Labute approximate surface area is 181 Å². The number of phenolic OH excluding ortho intramolecular Hbond substituents is 2. The molecule has 2 aromatic carbocycles. The fourth-order valence-corrected chi connectivity index (χ4v) is 5.52. The summed E-state index contributed by atoms with van der Waals surface area (Å²) in [5, 5.41) is 22.5. The number of hydrogen-bond acceptors (Lipinski definition) is 3. The third-order valence-corrected chi connectivity index (χ3v) is 6.80. The van der Waals surface area contributed by atoms with E-state index in [1.165, 1.54) is 28.5 Å². The lowest BCUT2D eigenvalue weighted by Gasteiger charge is -2.29. The van der Waals surface area contributed by atoms with Gasteiger partial charge in [0.1, 0.15) is 11.5 Å². The molecule has 0 atom stereocenters. The van der Waals surface area contributed by atoms with Gasteiger partial charge >= 0.3 is 0 Å². The van der Waals surface area contributed by atoms with Crippen LogP contribution in [0.25, 0.3) is 0 Å². The Hall–Kier alpha value is -1.61. The van der Waals surface area contributed by atoms with Crippen LogP contribution in [0.2, 0.25) is 0 Å². The van der Waals surface area contributed by atoms with Gasteiger partial charge in [0.05, 0.1) is 9.79 Å². The van der Waals surface area contributed by atoms with Crippen LogP contribution in [0.4, 0.5) is 0 Å². The van der Waals surface area contributed by atoms with Crippen molar-refractivity contribution in [2.75, 3.05) is 0 Å². The van der Waals surface area contributed by atoms with Crippen molar-refractivity contribution in [1.29, 1.82) is 0 Å².